The Hall–Kier alpha value is -1.11. The number of carbonyl (C=O) groups excluding carboxylic acids is 1. The van der Waals surface area contributed by atoms with Gasteiger partial charge in [-0.05, 0) is 36.7 Å². The van der Waals surface area contributed by atoms with Crippen LogP contribution < -0.4 is 5.73 Å². The van der Waals surface area contributed by atoms with Gasteiger partial charge < -0.3 is 10.6 Å². The van der Waals surface area contributed by atoms with Gasteiger partial charge in [-0.1, -0.05) is 37.3 Å². The lowest BCUT2D eigenvalue weighted by Crippen LogP contribution is -2.44. The van der Waals surface area contributed by atoms with Crippen molar-refractivity contribution in [2.75, 3.05) is 25.1 Å². The van der Waals surface area contributed by atoms with Crippen molar-refractivity contribution in [2.24, 2.45) is 11.1 Å². The highest BCUT2D eigenvalue weighted by Gasteiger charge is 2.37. The Balaban J connectivity index is 0.00000312. The Labute approximate surface area is 157 Å². The number of hydrogen-bond donors (Lipinski definition) is 1. The van der Waals surface area contributed by atoms with Crippen LogP contribution in [0.1, 0.15) is 31.7 Å². The van der Waals surface area contributed by atoms with Crippen molar-refractivity contribution in [1.82, 2.24) is 4.90 Å². The van der Waals surface area contributed by atoms with Crippen LogP contribution in [-0.4, -0.2) is 50.4 Å². The third-order valence-electron chi connectivity index (χ3n) is 4.85. The lowest BCUT2D eigenvalue weighted by molar-refractivity contribution is -0.132. The molecule has 2 unspecified atom stereocenters. The fraction of sp³-hybridized carbons (Fsp3) is 0.611. The number of nitrogens with zero attached hydrogens (tertiary/aromatic N) is 1. The molecule has 0 spiro atoms. The summed E-state index contributed by atoms with van der Waals surface area (Å²) in [5, 5.41) is 0. The van der Waals surface area contributed by atoms with Crippen LogP contribution in [0.3, 0.4) is 0 Å². The minimum atomic E-state index is -3.09. The Morgan fingerprint density at radius 1 is 1.32 bits per heavy atom. The number of sulfone groups is 1. The van der Waals surface area contributed by atoms with Gasteiger partial charge in [0, 0.05) is 19.3 Å². The van der Waals surface area contributed by atoms with Crippen LogP contribution in [0.2, 0.25) is 0 Å². The van der Waals surface area contributed by atoms with Crippen LogP contribution >= 0.6 is 12.4 Å². The number of hydrogen-bond acceptors (Lipinski definition) is 4. The largest absolute Gasteiger partial charge is 0.341 e. The molecule has 0 bridgehead atoms. The van der Waals surface area contributed by atoms with E-state index in [2.05, 4.69) is 19.1 Å². The second-order valence-corrected chi connectivity index (χ2v) is 9.59. The molecular formula is C18H29ClN2O3S. The van der Waals surface area contributed by atoms with E-state index in [1.807, 2.05) is 18.2 Å². The van der Waals surface area contributed by atoms with Gasteiger partial charge >= 0.3 is 0 Å². The predicted molar refractivity (Wildman–Crippen MR) is 104 cm³/mol. The van der Waals surface area contributed by atoms with E-state index < -0.39 is 15.9 Å². The van der Waals surface area contributed by atoms with Gasteiger partial charge in [-0.25, -0.2) is 8.42 Å². The second kappa shape index (κ2) is 9.01. The molecule has 5 nitrogen and oxygen atoms in total. The number of nitrogens with two attached hydrogens (primary N) is 1. The van der Waals surface area contributed by atoms with Crippen molar-refractivity contribution in [3.63, 3.8) is 0 Å². The number of likely N-dealkylation sites (tertiary alicyclic amines) is 1. The highest BCUT2D eigenvalue weighted by molar-refractivity contribution is 7.90. The van der Waals surface area contributed by atoms with E-state index >= 15 is 0 Å². The van der Waals surface area contributed by atoms with Gasteiger partial charge in [-0.15, -0.1) is 12.4 Å². The average molecular weight is 389 g/mol. The van der Waals surface area contributed by atoms with Crippen molar-refractivity contribution in [2.45, 2.75) is 38.6 Å². The van der Waals surface area contributed by atoms with Crippen molar-refractivity contribution in [3.8, 4) is 0 Å². The SMILES string of the molecule is CC1(CCc2ccccc2)CCN(C(=O)C(N)CCS(C)(=O)=O)C1.Cl. The van der Waals surface area contributed by atoms with Gasteiger partial charge in [0.15, 0.2) is 0 Å². The molecule has 0 saturated carbocycles. The first-order valence-corrected chi connectivity index (χ1v) is 10.5. The molecule has 1 heterocycles. The maximum atomic E-state index is 12.4. The highest BCUT2D eigenvalue weighted by atomic mass is 35.5. The van der Waals surface area contributed by atoms with Crippen molar-refractivity contribution >= 4 is 28.2 Å². The molecule has 25 heavy (non-hydrogen) atoms. The summed E-state index contributed by atoms with van der Waals surface area (Å²) in [5.74, 6) is -0.166. The third kappa shape index (κ3) is 6.96. The topological polar surface area (TPSA) is 80.5 Å². The molecule has 1 saturated heterocycles. The van der Waals surface area contributed by atoms with Crippen LogP contribution in [0.4, 0.5) is 0 Å². The van der Waals surface area contributed by atoms with E-state index in [9.17, 15) is 13.2 Å². The highest BCUT2D eigenvalue weighted by Crippen LogP contribution is 2.34. The Morgan fingerprint density at radius 2 is 1.96 bits per heavy atom. The standard InChI is InChI=1S/C18H28N2O3S.ClH/c1-18(10-8-15-6-4-3-5-7-15)11-12-20(14-18)17(21)16(19)9-13-24(2,22)23;/h3-7,16H,8-14,19H2,1-2H3;1H. The number of amides is 1. The Kier molecular flexibility index (Phi) is 7.90. The molecular weight excluding hydrogens is 360 g/mol. The van der Waals surface area contributed by atoms with Crippen molar-refractivity contribution in [3.05, 3.63) is 35.9 Å². The lowest BCUT2D eigenvalue weighted by Gasteiger charge is -2.26. The van der Waals surface area contributed by atoms with E-state index in [0.717, 1.165) is 19.3 Å². The van der Waals surface area contributed by atoms with Crippen LogP contribution in [0.25, 0.3) is 0 Å². The third-order valence-corrected chi connectivity index (χ3v) is 5.82. The van der Waals surface area contributed by atoms with Crippen LogP contribution in [0.15, 0.2) is 30.3 Å². The summed E-state index contributed by atoms with van der Waals surface area (Å²) in [4.78, 5) is 14.2. The summed E-state index contributed by atoms with van der Waals surface area (Å²) in [7, 11) is -3.09. The number of aryl methyl sites for hydroxylation is 1. The maximum Gasteiger partial charge on any atom is 0.239 e. The molecule has 1 aliphatic rings. The van der Waals surface area contributed by atoms with Crippen molar-refractivity contribution < 1.29 is 13.2 Å². The quantitative estimate of drug-likeness (QED) is 0.775. The predicted octanol–water partition coefficient (Wildman–Crippen LogP) is 2.04. The number of rotatable bonds is 7. The summed E-state index contributed by atoms with van der Waals surface area (Å²) in [6.07, 6.45) is 4.35. The smallest absolute Gasteiger partial charge is 0.239 e. The number of carbonyl (C=O) groups is 1. The van der Waals surface area contributed by atoms with Gasteiger partial charge in [-0.2, -0.15) is 0 Å². The van der Waals surface area contributed by atoms with Gasteiger partial charge in [0.1, 0.15) is 9.84 Å². The zero-order valence-corrected chi connectivity index (χ0v) is 16.6. The molecule has 1 aliphatic heterocycles. The van der Waals surface area contributed by atoms with E-state index in [1.54, 1.807) is 4.90 Å². The summed E-state index contributed by atoms with van der Waals surface area (Å²) in [5.41, 5.74) is 7.31. The Morgan fingerprint density at radius 3 is 2.56 bits per heavy atom. The maximum absolute atomic E-state index is 12.4. The molecule has 1 aromatic rings. The first-order chi connectivity index (χ1) is 11.2. The Bertz CT molecular complexity index is 666. The van der Waals surface area contributed by atoms with Gasteiger partial charge in [-0.3, -0.25) is 4.79 Å². The van der Waals surface area contributed by atoms with Crippen LogP contribution in [0.5, 0.6) is 0 Å². The summed E-state index contributed by atoms with van der Waals surface area (Å²) in [6, 6.07) is 9.63. The number of halogens is 1. The second-order valence-electron chi connectivity index (χ2n) is 7.33. The fourth-order valence-corrected chi connectivity index (χ4v) is 3.89. The molecule has 1 fully saturated rings. The average Bonchev–Trinajstić information content (AvgIpc) is 2.93. The van der Waals surface area contributed by atoms with Gasteiger partial charge in [0.05, 0.1) is 11.8 Å². The normalized spacial score (nSPS) is 21.6. The minimum absolute atomic E-state index is 0. The fourth-order valence-electron chi connectivity index (χ4n) is 3.21. The lowest BCUT2D eigenvalue weighted by atomic mass is 9.83. The minimum Gasteiger partial charge on any atom is -0.341 e. The van der Waals surface area contributed by atoms with E-state index in [-0.39, 0.29) is 35.9 Å². The van der Waals surface area contributed by atoms with Crippen LogP contribution in [0, 0.1) is 5.41 Å². The molecule has 1 amide bonds. The first-order valence-electron chi connectivity index (χ1n) is 8.45. The first kappa shape index (κ1) is 21.9. The van der Waals surface area contributed by atoms with E-state index in [1.165, 1.54) is 11.8 Å². The zero-order chi connectivity index (χ0) is 17.8. The molecule has 0 aromatic heterocycles. The molecule has 7 heteroatoms. The molecule has 142 valence electrons. The van der Waals surface area contributed by atoms with Gasteiger partial charge in [0.2, 0.25) is 5.91 Å². The molecule has 1 aromatic carbocycles. The molecule has 0 aliphatic carbocycles. The molecule has 2 N–H and O–H groups in total. The molecule has 2 atom stereocenters. The van der Waals surface area contributed by atoms with E-state index in [4.69, 9.17) is 5.73 Å². The van der Waals surface area contributed by atoms with Gasteiger partial charge in [0.25, 0.3) is 0 Å². The monoisotopic (exact) mass is 388 g/mol. The van der Waals surface area contributed by atoms with Crippen molar-refractivity contribution in [1.29, 1.82) is 0 Å². The van der Waals surface area contributed by atoms with E-state index in [0.29, 0.717) is 13.1 Å². The van der Waals surface area contributed by atoms with Crippen LogP contribution in [-0.2, 0) is 21.1 Å². The zero-order valence-electron chi connectivity index (χ0n) is 15.0. The molecule has 2 rings (SSSR count). The summed E-state index contributed by atoms with van der Waals surface area (Å²) >= 11 is 0. The summed E-state index contributed by atoms with van der Waals surface area (Å²) < 4.78 is 22.4. The molecule has 0 radical (unpaired) electrons. The summed E-state index contributed by atoms with van der Waals surface area (Å²) in [6.45, 7) is 3.62. The number of benzene rings is 1.